The summed E-state index contributed by atoms with van der Waals surface area (Å²) in [4.78, 5) is 11.7. The summed E-state index contributed by atoms with van der Waals surface area (Å²) in [7, 11) is 0. The first-order valence-electron chi connectivity index (χ1n) is 7.68. The minimum absolute atomic E-state index is 0.0944. The Morgan fingerprint density at radius 1 is 1.24 bits per heavy atom. The number of aliphatic hydroxyl groups excluding tert-OH is 2. The van der Waals surface area contributed by atoms with Gasteiger partial charge in [-0.3, -0.25) is 0 Å². The number of aromatic hydroxyl groups is 1. The van der Waals surface area contributed by atoms with Crippen molar-refractivity contribution in [3.63, 3.8) is 0 Å². The van der Waals surface area contributed by atoms with Gasteiger partial charge >= 0.3 is 6.09 Å². The summed E-state index contributed by atoms with van der Waals surface area (Å²) >= 11 is 5.90. The maximum absolute atomic E-state index is 11.7. The first kappa shape index (κ1) is 19.1. The molecule has 0 aliphatic carbocycles. The van der Waals surface area contributed by atoms with Crippen LogP contribution in [0.3, 0.4) is 0 Å². The number of phenols is 1. The van der Waals surface area contributed by atoms with Crippen LogP contribution in [0.15, 0.2) is 42.5 Å². The lowest BCUT2D eigenvalue weighted by molar-refractivity contribution is 0.0171. The Hall–Kier alpha value is -2.28. The number of amides is 1. The van der Waals surface area contributed by atoms with Crippen LogP contribution in [0.25, 0.3) is 0 Å². The molecule has 134 valence electrons. The van der Waals surface area contributed by atoms with Crippen molar-refractivity contribution >= 4 is 17.7 Å². The van der Waals surface area contributed by atoms with Gasteiger partial charge in [0.05, 0.1) is 0 Å². The summed E-state index contributed by atoms with van der Waals surface area (Å²) in [5.74, 6) is -0.150. The third-order valence-corrected chi connectivity index (χ3v) is 3.86. The van der Waals surface area contributed by atoms with Gasteiger partial charge < -0.3 is 25.4 Å². The molecule has 2 unspecified atom stereocenters. The normalized spacial score (nSPS) is 13.1. The second-order valence-electron chi connectivity index (χ2n) is 5.62. The number of alkyl carbamates (subject to hydrolysis) is 1. The number of rotatable bonds is 6. The van der Waals surface area contributed by atoms with Crippen molar-refractivity contribution in [3.05, 3.63) is 64.2 Å². The number of benzene rings is 2. The van der Waals surface area contributed by atoms with E-state index >= 15 is 0 Å². The highest BCUT2D eigenvalue weighted by molar-refractivity contribution is 6.30. The van der Waals surface area contributed by atoms with E-state index in [1.54, 1.807) is 13.0 Å². The number of carbonyl (C=O) groups is 1. The Balaban J connectivity index is 1.87. The lowest BCUT2D eigenvalue weighted by atomic mass is 10.0. The molecule has 2 aromatic rings. The molecule has 2 atom stereocenters. The fraction of sp³-hybridized carbons (Fsp3) is 0.278. The monoisotopic (exact) mass is 365 g/mol. The predicted molar refractivity (Wildman–Crippen MR) is 93.5 cm³/mol. The molecule has 0 fully saturated rings. The van der Waals surface area contributed by atoms with Crippen LogP contribution in [-0.2, 0) is 11.3 Å². The molecular formula is C18H20ClNO5. The van der Waals surface area contributed by atoms with Crippen molar-refractivity contribution in [2.75, 3.05) is 6.54 Å². The maximum Gasteiger partial charge on any atom is 0.407 e. The van der Waals surface area contributed by atoms with E-state index < -0.39 is 18.3 Å². The van der Waals surface area contributed by atoms with E-state index in [4.69, 9.17) is 16.3 Å². The molecule has 0 aliphatic rings. The summed E-state index contributed by atoms with van der Waals surface area (Å²) in [6, 6.07) is 12.1. The van der Waals surface area contributed by atoms with Crippen LogP contribution in [0.4, 0.5) is 4.79 Å². The van der Waals surface area contributed by atoms with Gasteiger partial charge in [0, 0.05) is 17.1 Å². The van der Waals surface area contributed by atoms with Crippen LogP contribution in [0, 0.1) is 6.92 Å². The fourth-order valence-corrected chi connectivity index (χ4v) is 2.55. The third-order valence-electron chi connectivity index (χ3n) is 3.65. The number of hydrogen-bond donors (Lipinski definition) is 4. The molecule has 1 amide bonds. The van der Waals surface area contributed by atoms with Crippen molar-refractivity contribution in [1.82, 2.24) is 5.32 Å². The second-order valence-corrected chi connectivity index (χ2v) is 6.05. The number of hydrogen-bond acceptors (Lipinski definition) is 5. The number of aliphatic hydroxyl groups is 2. The fourth-order valence-electron chi connectivity index (χ4n) is 2.27. The van der Waals surface area contributed by atoms with Crippen molar-refractivity contribution in [3.8, 4) is 5.75 Å². The lowest BCUT2D eigenvalue weighted by Gasteiger charge is -2.20. The zero-order valence-electron chi connectivity index (χ0n) is 13.6. The third kappa shape index (κ3) is 5.35. The molecule has 0 aliphatic heterocycles. The van der Waals surface area contributed by atoms with Gasteiger partial charge in [-0.05, 0) is 30.2 Å². The van der Waals surface area contributed by atoms with Gasteiger partial charge in [-0.1, -0.05) is 41.9 Å². The molecule has 7 heteroatoms. The summed E-state index contributed by atoms with van der Waals surface area (Å²) in [5.41, 5.74) is 1.40. The summed E-state index contributed by atoms with van der Waals surface area (Å²) in [6.07, 6.45) is -3.47. The zero-order valence-corrected chi connectivity index (χ0v) is 14.4. The van der Waals surface area contributed by atoms with E-state index in [1.165, 1.54) is 6.07 Å². The Labute approximate surface area is 150 Å². The minimum Gasteiger partial charge on any atom is -0.507 e. The van der Waals surface area contributed by atoms with Gasteiger partial charge in [0.15, 0.2) is 0 Å². The van der Waals surface area contributed by atoms with Crippen LogP contribution < -0.4 is 5.32 Å². The molecule has 0 bridgehead atoms. The van der Waals surface area contributed by atoms with Crippen LogP contribution in [0.1, 0.15) is 22.8 Å². The number of phenolic OH excluding ortho intramolecular Hbond substituents is 1. The van der Waals surface area contributed by atoms with Crippen LogP contribution in [0.2, 0.25) is 5.02 Å². The Morgan fingerprint density at radius 2 is 1.92 bits per heavy atom. The van der Waals surface area contributed by atoms with E-state index in [0.29, 0.717) is 10.6 Å². The first-order valence-corrected chi connectivity index (χ1v) is 8.06. The zero-order chi connectivity index (χ0) is 18.4. The van der Waals surface area contributed by atoms with E-state index in [0.717, 1.165) is 5.56 Å². The molecule has 0 radical (unpaired) electrons. The van der Waals surface area contributed by atoms with E-state index in [-0.39, 0.29) is 24.5 Å². The molecule has 25 heavy (non-hydrogen) atoms. The van der Waals surface area contributed by atoms with Crippen molar-refractivity contribution in [2.24, 2.45) is 0 Å². The quantitative estimate of drug-likeness (QED) is 0.630. The van der Waals surface area contributed by atoms with Gasteiger partial charge in [-0.15, -0.1) is 0 Å². The molecule has 2 rings (SSSR count). The summed E-state index contributed by atoms with van der Waals surface area (Å²) in [5, 5.41) is 32.9. The van der Waals surface area contributed by atoms with Gasteiger partial charge in [0.2, 0.25) is 0 Å². The number of carbonyl (C=O) groups excluding carboxylic acids is 1. The van der Waals surface area contributed by atoms with Gasteiger partial charge in [0.25, 0.3) is 0 Å². The smallest absolute Gasteiger partial charge is 0.407 e. The molecule has 0 heterocycles. The number of nitrogens with one attached hydrogen (secondary N) is 1. The van der Waals surface area contributed by atoms with Crippen LogP contribution in [-0.4, -0.2) is 34.1 Å². The maximum atomic E-state index is 11.7. The lowest BCUT2D eigenvalue weighted by Crippen LogP contribution is -2.35. The molecule has 0 saturated heterocycles. The topological polar surface area (TPSA) is 99.0 Å². The highest BCUT2D eigenvalue weighted by Gasteiger charge is 2.23. The van der Waals surface area contributed by atoms with Gasteiger partial charge in [-0.25, -0.2) is 4.79 Å². The summed E-state index contributed by atoms with van der Waals surface area (Å²) in [6.45, 7) is 1.47. The predicted octanol–water partition coefficient (Wildman–Crippen LogP) is 2.67. The van der Waals surface area contributed by atoms with E-state index in [2.05, 4.69) is 5.32 Å². The Kier molecular flexibility index (Phi) is 6.64. The van der Waals surface area contributed by atoms with E-state index in [1.807, 2.05) is 30.3 Å². The SMILES string of the molecule is Cc1cc(Cl)cc(C(O)C(O)CNC(=O)OCc2ccccc2)c1O. The number of ether oxygens (including phenoxy) is 1. The first-order chi connectivity index (χ1) is 11.9. The number of halogens is 1. The largest absolute Gasteiger partial charge is 0.507 e. The van der Waals surface area contributed by atoms with Crippen molar-refractivity contribution in [1.29, 1.82) is 0 Å². The molecular weight excluding hydrogens is 346 g/mol. The average molecular weight is 366 g/mol. The molecule has 0 spiro atoms. The van der Waals surface area contributed by atoms with Crippen molar-refractivity contribution in [2.45, 2.75) is 25.7 Å². The van der Waals surface area contributed by atoms with Crippen LogP contribution in [0.5, 0.6) is 5.75 Å². The molecule has 0 aromatic heterocycles. The Bertz CT molecular complexity index is 723. The standard InChI is InChI=1S/C18H20ClNO5/c1-11-7-13(19)8-14(16(11)22)17(23)15(21)9-20-18(24)25-10-12-5-3-2-4-6-12/h2-8,15,17,21-23H,9-10H2,1H3,(H,20,24). The van der Waals surface area contributed by atoms with Crippen molar-refractivity contribution < 1.29 is 24.9 Å². The second kappa shape index (κ2) is 8.71. The number of aryl methyl sites for hydroxylation is 1. The highest BCUT2D eigenvalue weighted by Crippen LogP contribution is 2.32. The van der Waals surface area contributed by atoms with Gasteiger partial charge in [-0.2, -0.15) is 0 Å². The summed E-state index contributed by atoms with van der Waals surface area (Å²) < 4.78 is 5.01. The molecule has 6 nitrogen and oxygen atoms in total. The highest BCUT2D eigenvalue weighted by atomic mass is 35.5. The van der Waals surface area contributed by atoms with Crippen LogP contribution >= 0.6 is 11.6 Å². The molecule has 2 aromatic carbocycles. The molecule has 0 saturated carbocycles. The van der Waals surface area contributed by atoms with E-state index in [9.17, 15) is 20.1 Å². The average Bonchev–Trinajstić information content (AvgIpc) is 2.61. The Morgan fingerprint density at radius 3 is 2.60 bits per heavy atom. The molecule has 4 N–H and O–H groups in total. The minimum atomic E-state index is -1.41. The van der Waals surface area contributed by atoms with Gasteiger partial charge in [0.1, 0.15) is 24.6 Å².